The molecule has 1 aliphatic rings. The van der Waals surface area contributed by atoms with Crippen molar-refractivity contribution in [2.45, 2.75) is 19.1 Å². The van der Waals surface area contributed by atoms with Gasteiger partial charge in [-0.25, -0.2) is 4.98 Å². The van der Waals surface area contributed by atoms with Gasteiger partial charge in [0.1, 0.15) is 5.82 Å². The third-order valence-corrected chi connectivity index (χ3v) is 3.42. The molecule has 1 fully saturated rings. The second-order valence-electron chi connectivity index (χ2n) is 3.14. The summed E-state index contributed by atoms with van der Waals surface area (Å²) >= 11 is 1.85. The first-order chi connectivity index (χ1) is 6.77. The number of nitrogens with zero attached hydrogens (tertiary/aromatic N) is 2. The summed E-state index contributed by atoms with van der Waals surface area (Å²) in [5.74, 6) is 2.53. The number of thioether (sulfide) groups is 1. The van der Waals surface area contributed by atoms with Gasteiger partial charge in [-0.1, -0.05) is 0 Å². The fraction of sp³-hybridized carbons (Fsp3) is 0.625. The van der Waals surface area contributed by atoms with E-state index in [9.17, 15) is 8.78 Å². The van der Waals surface area contributed by atoms with Crippen LogP contribution in [0.2, 0.25) is 0 Å². The van der Waals surface area contributed by atoms with E-state index in [1.165, 1.54) is 12.4 Å². The van der Waals surface area contributed by atoms with Crippen LogP contribution >= 0.6 is 11.8 Å². The van der Waals surface area contributed by atoms with E-state index >= 15 is 0 Å². The largest absolute Gasteiger partial charge is 0.319 e. The maximum Gasteiger partial charge on any atom is 0.319 e. The van der Waals surface area contributed by atoms with Crippen molar-refractivity contribution >= 4 is 11.8 Å². The molecule has 0 radical (unpaired) electrons. The summed E-state index contributed by atoms with van der Waals surface area (Å²) in [6.07, 6.45) is 2.70. The summed E-state index contributed by atoms with van der Waals surface area (Å²) in [4.78, 5) is 3.88. The van der Waals surface area contributed by atoms with Crippen molar-refractivity contribution in [1.82, 2.24) is 14.9 Å². The molecule has 0 aliphatic carbocycles. The lowest BCUT2D eigenvalue weighted by atomic mass is 10.3. The topological polar surface area (TPSA) is 29.9 Å². The Morgan fingerprint density at radius 2 is 2.43 bits per heavy atom. The van der Waals surface area contributed by atoms with Crippen LogP contribution in [0.4, 0.5) is 8.78 Å². The highest BCUT2D eigenvalue weighted by Gasteiger charge is 2.18. The molecule has 1 N–H and O–H groups in total. The van der Waals surface area contributed by atoms with Crippen LogP contribution in [0.5, 0.6) is 0 Å². The lowest BCUT2D eigenvalue weighted by molar-refractivity contribution is 0.0665. The lowest BCUT2D eigenvalue weighted by Gasteiger charge is -2.25. The van der Waals surface area contributed by atoms with Crippen LogP contribution in [0, 0.1) is 0 Å². The molecule has 78 valence electrons. The van der Waals surface area contributed by atoms with Crippen LogP contribution < -0.4 is 5.32 Å². The van der Waals surface area contributed by atoms with Crippen LogP contribution in [-0.4, -0.2) is 27.1 Å². The summed E-state index contributed by atoms with van der Waals surface area (Å²) < 4.78 is 25.6. The van der Waals surface area contributed by atoms with E-state index in [1.807, 2.05) is 11.8 Å². The Hall–Kier alpha value is -0.620. The fourth-order valence-corrected chi connectivity index (χ4v) is 1.95. The Labute approximate surface area is 84.9 Å². The van der Waals surface area contributed by atoms with E-state index in [2.05, 4.69) is 10.3 Å². The molecular weight excluding hydrogens is 208 g/mol. The van der Waals surface area contributed by atoms with Gasteiger partial charge in [0.15, 0.2) is 0 Å². The van der Waals surface area contributed by atoms with Gasteiger partial charge in [0.2, 0.25) is 0 Å². The first-order valence-electron chi connectivity index (χ1n) is 4.38. The van der Waals surface area contributed by atoms with E-state index in [1.54, 1.807) is 0 Å². The maximum absolute atomic E-state index is 12.4. The molecule has 0 unspecified atom stereocenters. The molecule has 6 heteroatoms. The smallest absolute Gasteiger partial charge is 0.305 e. The minimum Gasteiger partial charge on any atom is -0.305 e. The minimum absolute atomic E-state index is 0.400. The van der Waals surface area contributed by atoms with E-state index in [4.69, 9.17) is 0 Å². The van der Waals surface area contributed by atoms with Crippen molar-refractivity contribution in [1.29, 1.82) is 0 Å². The van der Waals surface area contributed by atoms with E-state index in [0.29, 0.717) is 18.4 Å². The molecular formula is C8H11F2N3S. The Balaban J connectivity index is 1.90. The number of alkyl halides is 2. The normalized spacial score (nSPS) is 17.4. The Morgan fingerprint density at radius 1 is 1.64 bits per heavy atom. The summed E-state index contributed by atoms with van der Waals surface area (Å²) in [6.45, 7) is -2.08. The van der Waals surface area contributed by atoms with E-state index in [-0.39, 0.29) is 0 Å². The molecule has 14 heavy (non-hydrogen) atoms. The molecule has 0 bridgehead atoms. The molecule has 3 nitrogen and oxygen atoms in total. The Morgan fingerprint density at radius 3 is 3.00 bits per heavy atom. The minimum atomic E-state index is -2.50. The summed E-state index contributed by atoms with van der Waals surface area (Å²) in [7, 11) is 0. The standard InChI is InChI=1S/C8H11F2N3S/c9-8(10)13-2-1-11-7(13)3-12-6-4-14-5-6/h1-2,6,8,12H,3-5H2. The van der Waals surface area contributed by atoms with Crippen molar-refractivity contribution in [2.75, 3.05) is 11.5 Å². The van der Waals surface area contributed by atoms with Gasteiger partial charge >= 0.3 is 6.55 Å². The van der Waals surface area contributed by atoms with Crippen molar-refractivity contribution in [3.63, 3.8) is 0 Å². The predicted octanol–water partition coefficient (Wildman–Crippen LogP) is 1.48. The monoisotopic (exact) mass is 219 g/mol. The van der Waals surface area contributed by atoms with Gasteiger partial charge in [-0.3, -0.25) is 4.57 Å². The van der Waals surface area contributed by atoms with Gasteiger partial charge in [0.05, 0.1) is 6.54 Å². The first kappa shape index (κ1) is 9.92. The van der Waals surface area contributed by atoms with Crippen LogP contribution in [0.3, 0.4) is 0 Å². The molecule has 1 aromatic rings. The SMILES string of the molecule is FC(F)n1ccnc1CNC1CSC1. The van der Waals surface area contributed by atoms with Crippen LogP contribution in [-0.2, 0) is 6.54 Å². The van der Waals surface area contributed by atoms with Crippen LogP contribution in [0.1, 0.15) is 12.4 Å². The molecule has 0 atom stereocenters. The van der Waals surface area contributed by atoms with Gasteiger partial charge in [-0.2, -0.15) is 20.5 Å². The highest BCUT2D eigenvalue weighted by atomic mass is 32.2. The van der Waals surface area contributed by atoms with Crippen molar-refractivity contribution in [3.8, 4) is 0 Å². The Kier molecular flexibility index (Phi) is 3.02. The predicted molar refractivity (Wildman–Crippen MR) is 51.4 cm³/mol. The second kappa shape index (κ2) is 4.27. The zero-order chi connectivity index (χ0) is 9.97. The highest BCUT2D eigenvalue weighted by molar-refractivity contribution is 8.00. The molecule has 0 saturated carbocycles. The van der Waals surface area contributed by atoms with E-state index < -0.39 is 6.55 Å². The molecule has 1 aromatic heterocycles. The molecule has 1 aliphatic heterocycles. The average Bonchev–Trinajstić information content (AvgIpc) is 2.49. The van der Waals surface area contributed by atoms with Gasteiger partial charge in [-0.15, -0.1) is 0 Å². The van der Waals surface area contributed by atoms with Gasteiger partial charge < -0.3 is 5.32 Å². The van der Waals surface area contributed by atoms with Gasteiger partial charge in [0.25, 0.3) is 0 Å². The molecule has 1 saturated heterocycles. The quantitative estimate of drug-likeness (QED) is 0.832. The van der Waals surface area contributed by atoms with Gasteiger partial charge in [-0.05, 0) is 0 Å². The number of aromatic nitrogens is 2. The first-order valence-corrected chi connectivity index (χ1v) is 5.54. The maximum atomic E-state index is 12.4. The lowest BCUT2D eigenvalue weighted by Crippen LogP contribution is -2.40. The number of nitrogens with one attached hydrogen (secondary N) is 1. The molecule has 0 aromatic carbocycles. The van der Waals surface area contributed by atoms with Crippen LogP contribution in [0.25, 0.3) is 0 Å². The highest BCUT2D eigenvalue weighted by Crippen LogP contribution is 2.18. The summed E-state index contributed by atoms with van der Waals surface area (Å²) in [5, 5.41) is 3.18. The zero-order valence-electron chi connectivity index (χ0n) is 7.49. The second-order valence-corrected chi connectivity index (χ2v) is 4.22. The number of halogens is 2. The van der Waals surface area contributed by atoms with Crippen molar-refractivity contribution < 1.29 is 8.78 Å². The molecule has 2 rings (SSSR count). The zero-order valence-corrected chi connectivity index (χ0v) is 8.31. The number of hydrogen-bond acceptors (Lipinski definition) is 3. The number of hydrogen-bond donors (Lipinski definition) is 1. The summed E-state index contributed by atoms with van der Waals surface area (Å²) in [5.41, 5.74) is 0. The average molecular weight is 219 g/mol. The van der Waals surface area contributed by atoms with Crippen LogP contribution in [0.15, 0.2) is 12.4 Å². The van der Waals surface area contributed by atoms with E-state index in [0.717, 1.165) is 16.1 Å². The van der Waals surface area contributed by atoms with Crippen molar-refractivity contribution in [2.24, 2.45) is 0 Å². The molecule has 0 amide bonds. The molecule has 2 heterocycles. The number of rotatable bonds is 4. The fourth-order valence-electron chi connectivity index (χ4n) is 1.25. The summed E-state index contributed by atoms with van der Waals surface area (Å²) in [6, 6.07) is 0.461. The van der Waals surface area contributed by atoms with Crippen molar-refractivity contribution in [3.05, 3.63) is 18.2 Å². The third-order valence-electron chi connectivity index (χ3n) is 2.15. The Bertz CT molecular complexity index is 299. The van der Waals surface area contributed by atoms with Gasteiger partial charge in [0, 0.05) is 29.9 Å². The molecule has 0 spiro atoms. The third kappa shape index (κ3) is 2.06. The number of imidazole rings is 1.